The average molecular weight is 246 g/mol. The minimum Gasteiger partial charge on any atom is -0.493 e. The lowest BCUT2D eigenvalue weighted by Crippen LogP contribution is -1.97. The highest BCUT2D eigenvalue weighted by molar-refractivity contribution is 5.87. The summed E-state index contributed by atoms with van der Waals surface area (Å²) in [6, 6.07) is 5.26. The van der Waals surface area contributed by atoms with Crippen LogP contribution in [0.25, 0.3) is 6.08 Å². The van der Waals surface area contributed by atoms with Crippen molar-refractivity contribution in [2.75, 3.05) is 20.8 Å². The molecule has 0 heterocycles. The third-order valence-electron chi connectivity index (χ3n) is 2.11. The van der Waals surface area contributed by atoms with Crippen molar-refractivity contribution in [1.29, 1.82) is 0 Å². The predicted octanol–water partition coefficient (Wildman–Crippen LogP) is 1.89. The Bertz CT molecular complexity index is 483. The van der Waals surface area contributed by atoms with E-state index in [2.05, 4.69) is 10.7 Å². The van der Waals surface area contributed by atoms with Crippen LogP contribution in [0.4, 0.5) is 0 Å². The molecular formula is C14H14O4. The van der Waals surface area contributed by atoms with Gasteiger partial charge in [0.25, 0.3) is 0 Å². The molecule has 1 rings (SSSR count). The van der Waals surface area contributed by atoms with Crippen molar-refractivity contribution in [1.82, 2.24) is 0 Å². The van der Waals surface area contributed by atoms with Crippen LogP contribution in [-0.4, -0.2) is 26.8 Å². The van der Waals surface area contributed by atoms with Gasteiger partial charge in [0.05, 0.1) is 14.2 Å². The van der Waals surface area contributed by atoms with Crippen LogP contribution in [0.5, 0.6) is 11.5 Å². The highest BCUT2D eigenvalue weighted by Crippen LogP contribution is 2.28. The molecule has 0 aliphatic rings. The Balaban J connectivity index is 2.88. The van der Waals surface area contributed by atoms with Gasteiger partial charge in [-0.2, -0.15) is 0 Å². The van der Waals surface area contributed by atoms with Crippen LogP contribution in [0.2, 0.25) is 0 Å². The molecule has 0 saturated carbocycles. The van der Waals surface area contributed by atoms with Crippen LogP contribution in [0.3, 0.4) is 0 Å². The molecule has 94 valence electrons. The molecule has 0 aliphatic carbocycles. The molecule has 0 bridgehead atoms. The molecule has 0 unspecified atom stereocenters. The maximum absolute atomic E-state index is 11.0. The number of hydrogen-bond acceptors (Lipinski definition) is 4. The first-order valence-corrected chi connectivity index (χ1v) is 5.21. The van der Waals surface area contributed by atoms with Gasteiger partial charge in [-0.1, -0.05) is 12.0 Å². The number of rotatable bonds is 5. The molecule has 0 saturated heterocycles. The van der Waals surface area contributed by atoms with Crippen LogP contribution in [0, 0.1) is 12.3 Å². The van der Waals surface area contributed by atoms with Crippen molar-refractivity contribution in [3.63, 3.8) is 0 Å². The molecule has 0 aromatic heterocycles. The van der Waals surface area contributed by atoms with E-state index in [4.69, 9.17) is 15.9 Å². The van der Waals surface area contributed by atoms with Crippen molar-refractivity contribution in [2.24, 2.45) is 0 Å². The van der Waals surface area contributed by atoms with E-state index in [0.29, 0.717) is 11.5 Å². The van der Waals surface area contributed by atoms with Gasteiger partial charge in [-0.25, -0.2) is 4.79 Å². The predicted molar refractivity (Wildman–Crippen MR) is 68.4 cm³/mol. The number of methoxy groups -OCH3 is 2. The van der Waals surface area contributed by atoms with Crippen molar-refractivity contribution in [3.8, 4) is 23.8 Å². The van der Waals surface area contributed by atoms with Gasteiger partial charge < -0.3 is 14.2 Å². The van der Waals surface area contributed by atoms with Crippen LogP contribution in [0.15, 0.2) is 24.3 Å². The molecule has 4 heteroatoms. The zero-order chi connectivity index (χ0) is 13.4. The Labute approximate surface area is 106 Å². The van der Waals surface area contributed by atoms with Crippen molar-refractivity contribution >= 4 is 12.0 Å². The number of carbonyl (C=O) groups is 1. The lowest BCUT2D eigenvalue weighted by molar-refractivity contribution is -0.134. The van der Waals surface area contributed by atoms with Gasteiger partial charge in [0.2, 0.25) is 0 Å². The SMILES string of the molecule is C#CCOc1ccc(/C=C/C(=O)OC)cc1OC. The topological polar surface area (TPSA) is 44.8 Å². The maximum atomic E-state index is 11.0. The van der Waals surface area contributed by atoms with Gasteiger partial charge in [0, 0.05) is 6.08 Å². The van der Waals surface area contributed by atoms with Crippen molar-refractivity contribution < 1.29 is 19.0 Å². The van der Waals surface area contributed by atoms with Gasteiger partial charge in [0.1, 0.15) is 6.61 Å². The van der Waals surface area contributed by atoms with E-state index >= 15 is 0 Å². The summed E-state index contributed by atoms with van der Waals surface area (Å²) >= 11 is 0. The molecule has 0 aliphatic heterocycles. The smallest absolute Gasteiger partial charge is 0.330 e. The quantitative estimate of drug-likeness (QED) is 0.452. The number of benzene rings is 1. The number of esters is 1. The molecule has 0 radical (unpaired) electrons. The second kappa shape index (κ2) is 7.02. The molecule has 0 atom stereocenters. The van der Waals surface area contributed by atoms with E-state index in [-0.39, 0.29) is 6.61 Å². The number of carbonyl (C=O) groups excluding carboxylic acids is 1. The Morgan fingerprint density at radius 3 is 2.78 bits per heavy atom. The van der Waals surface area contributed by atoms with Crippen molar-refractivity contribution in [2.45, 2.75) is 0 Å². The number of terminal acetylenes is 1. The van der Waals surface area contributed by atoms with E-state index in [1.54, 1.807) is 24.3 Å². The highest BCUT2D eigenvalue weighted by atomic mass is 16.5. The van der Waals surface area contributed by atoms with Gasteiger partial charge in [-0.15, -0.1) is 6.42 Å². The van der Waals surface area contributed by atoms with Crippen LogP contribution in [0.1, 0.15) is 5.56 Å². The first-order valence-electron chi connectivity index (χ1n) is 5.21. The maximum Gasteiger partial charge on any atom is 0.330 e. The third-order valence-corrected chi connectivity index (χ3v) is 2.11. The molecule has 4 nitrogen and oxygen atoms in total. The first-order chi connectivity index (χ1) is 8.71. The van der Waals surface area contributed by atoms with Crippen LogP contribution < -0.4 is 9.47 Å². The number of hydrogen-bond donors (Lipinski definition) is 0. The molecule has 0 amide bonds. The summed E-state index contributed by atoms with van der Waals surface area (Å²) in [6.07, 6.45) is 8.07. The molecule has 0 N–H and O–H groups in total. The molecule has 1 aromatic carbocycles. The largest absolute Gasteiger partial charge is 0.493 e. The summed E-state index contributed by atoms with van der Waals surface area (Å²) in [5.41, 5.74) is 0.797. The normalized spacial score (nSPS) is 9.83. The Kier molecular flexibility index (Phi) is 5.33. The molecular weight excluding hydrogens is 232 g/mol. The minimum atomic E-state index is -0.415. The monoisotopic (exact) mass is 246 g/mol. The lowest BCUT2D eigenvalue weighted by atomic mass is 10.2. The Morgan fingerprint density at radius 1 is 1.39 bits per heavy atom. The van der Waals surface area contributed by atoms with Crippen molar-refractivity contribution in [3.05, 3.63) is 29.8 Å². The lowest BCUT2D eigenvalue weighted by Gasteiger charge is -2.09. The summed E-state index contributed by atoms with van der Waals surface area (Å²) < 4.78 is 15.0. The van der Waals surface area contributed by atoms with E-state index < -0.39 is 5.97 Å². The average Bonchev–Trinajstić information content (AvgIpc) is 2.42. The second-order valence-electron chi connectivity index (χ2n) is 3.26. The second-order valence-corrected chi connectivity index (χ2v) is 3.26. The summed E-state index contributed by atoms with van der Waals surface area (Å²) in [5.74, 6) is 3.08. The summed E-state index contributed by atoms with van der Waals surface area (Å²) in [5, 5.41) is 0. The fraction of sp³-hybridized carbons (Fsp3) is 0.214. The zero-order valence-electron chi connectivity index (χ0n) is 10.3. The van der Waals surface area contributed by atoms with Gasteiger partial charge >= 0.3 is 5.97 Å². The van der Waals surface area contributed by atoms with E-state index in [1.165, 1.54) is 20.3 Å². The Morgan fingerprint density at radius 2 is 2.17 bits per heavy atom. The summed E-state index contributed by atoms with van der Waals surface area (Å²) in [4.78, 5) is 11.0. The molecule has 0 spiro atoms. The zero-order valence-corrected chi connectivity index (χ0v) is 10.3. The van der Waals surface area contributed by atoms with Crippen LogP contribution >= 0.6 is 0 Å². The van der Waals surface area contributed by atoms with Crippen LogP contribution in [-0.2, 0) is 9.53 Å². The fourth-order valence-corrected chi connectivity index (χ4v) is 1.26. The summed E-state index contributed by atoms with van der Waals surface area (Å²) in [7, 11) is 2.86. The third kappa shape index (κ3) is 3.87. The van der Waals surface area contributed by atoms with Gasteiger partial charge in [-0.3, -0.25) is 0 Å². The highest BCUT2D eigenvalue weighted by Gasteiger charge is 2.04. The standard InChI is InChI=1S/C14H14O4/c1-4-9-18-12-7-5-11(10-13(12)16-2)6-8-14(15)17-3/h1,5-8,10H,9H2,2-3H3/b8-6+. The van der Waals surface area contributed by atoms with E-state index in [0.717, 1.165) is 5.56 Å². The van der Waals surface area contributed by atoms with Gasteiger partial charge in [0.15, 0.2) is 11.5 Å². The van der Waals surface area contributed by atoms with E-state index in [1.807, 2.05) is 0 Å². The Hall–Kier alpha value is -2.41. The minimum absolute atomic E-state index is 0.174. The van der Waals surface area contributed by atoms with Gasteiger partial charge in [-0.05, 0) is 23.8 Å². The molecule has 0 fully saturated rings. The molecule has 18 heavy (non-hydrogen) atoms. The number of ether oxygens (including phenoxy) is 3. The molecule has 1 aromatic rings. The van der Waals surface area contributed by atoms with E-state index in [9.17, 15) is 4.79 Å². The first kappa shape index (κ1) is 13.7. The fourth-order valence-electron chi connectivity index (χ4n) is 1.26. The summed E-state index contributed by atoms with van der Waals surface area (Å²) in [6.45, 7) is 0.174.